The van der Waals surface area contributed by atoms with E-state index in [1.165, 1.54) is 5.69 Å². The number of nitrogen functional groups attached to an aromatic ring is 1. The van der Waals surface area contributed by atoms with Crippen molar-refractivity contribution in [3.63, 3.8) is 0 Å². The van der Waals surface area contributed by atoms with E-state index in [2.05, 4.69) is 25.8 Å². The van der Waals surface area contributed by atoms with Crippen molar-refractivity contribution in [2.75, 3.05) is 41.7 Å². The van der Waals surface area contributed by atoms with Gasteiger partial charge in [-0.2, -0.15) is 0 Å². The minimum atomic E-state index is 0.815. The van der Waals surface area contributed by atoms with Crippen molar-refractivity contribution in [2.45, 2.75) is 13.8 Å². The molecule has 3 rings (SSSR count). The van der Waals surface area contributed by atoms with Crippen molar-refractivity contribution < 1.29 is 0 Å². The third-order valence-corrected chi connectivity index (χ3v) is 4.02. The topological polar surface area (TPSA) is 58.3 Å². The van der Waals surface area contributed by atoms with Crippen LogP contribution < -0.4 is 15.5 Å². The third-order valence-electron chi connectivity index (χ3n) is 4.02. The van der Waals surface area contributed by atoms with Gasteiger partial charge in [0.1, 0.15) is 5.82 Å². The fourth-order valence-electron chi connectivity index (χ4n) is 2.60. The van der Waals surface area contributed by atoms with Gasteiger partial charge in [0.05, 0.1) is 17.6 Å². The van der Waals surface area contributed by atoms with Crippen LogP contribution in [0.5, 0.6) is 0 Å². The first-order chi connectivity index (χ1) is 10.1. The van der Waals surface area contributed by atoms with Gasteiger partial charge in [0, 0.05) is 37.6 Å². The van der Waals surface area contributed by atoms with Crippen molar-refractivity contribution in [3.05, 3.63) is 41.9 Å². The Morgan fingerprint density at radius 3 is 2.38 bits per heavy atom. The number of rotatable bonds is 2. The van der Waals surface area contributed by atoms with E-state index in [9.17, 15) is 0 Å². The Balaban J connectivity index is 1.68. The maximum Gasteiger partial charge on any atom is 0.147 e. The molecule has 110 valence electrons. The molecule has 2 N–H and O–H groups in total. The molecule has 0 atom stereocenters. The Hall–Kier alpha value is -2.30. The fraction of sp³-hybridized carbons (Fsp3) is 0.375. The highest BCUT2D eigenvalue weighted by Crippen LogP contribution is 2.21. The number of nitrogens with two attached hydrogens (primary N) is 1. The van der Waals surface area contributed by atoms with Gasteiger partial charge in [0.15, 0.2) is 0 Å². The van der Waals surface area contributed by atoms with Gasteiger partial charge in [-0.05, 0) is 32.0 Å². The molecular formula is C16H21N5. The summed E-state index contributed by atoms with van der Waals surface area (Å²) in [6, 6.07) is 8.07. The van der Waals surface area contributed by atoms with Crippen LogP contribution in [0.25, 0.3) is 0 Å². The molecule has 1 aromatic carbocycles. The molecule has 0 unspecified atom stereocenters. The van der Waals surface area contributed by atoms with Crippen LogP contribution in [0.1, 0.15) is 11.4 Å². The van der Waals surface area contributed by atoms with E-state index < -0.39 is 0 Å². The van der Waals surface area contributed by atoms with Crippen LogP contribution in [-0.4, -0.2) is 36.1 Å². The molecule has 0 spiro atoms. The maximum absolute atomic E-state index is 5.86. The summed E-state index contributed by atoms with van der Waals surface area (Å²) in [5.41, 5.74) is 9.87. The Kier molecular flexibility index (Phi) is 3.64. The van der Waals surface area contributed by atoms with E-state index in [0.717, 1.165) is 49.1 Å². The first kappa shape index (κ1) is 13.7. The van der Waals surface area contributed by atoms with Crippen LogP contribution in [0.4, 0.5) is 17.2 Å². The van der Waals surface area contributed by atoms with Crippen LogP contribution in [0.15, 0.2) is 30.5 Å². The number of hydrogen-bond acceptors (Lipinski definition) is 5. The molecule has 2 heterocycles. The molecule has 21 heavy (non-hydrogen) atoms. The van der Waals surface area contributed by atoms with Crippen molar-refractivity contribution in [3.8, 4) is 0 Å². The smallest absolute Gasteiger partial charge is 0.147 e. The summed E-state index contributed by atoms with van der Waals surface area (Å²) in [5, 5.41) is 0. The van der Waals surface area contributed by atoms with Crippen LogP contribution in [-0.2, 0) is 0 Å². The van der Waals surface area contributed by atoms with E-state index >= 15 is 0 Å². The van der Waals surface area contributed by atoms with Gasteiger partial charge in [-0.1, -0.05) is 6.07 Å². The molecule has 0 saturated carbocycles. The van der Waals surface area contributed by atoms with Crippen LogP contribution in [0.2, 0.25) is 0 Å². The predicted molar refractivity (Wildman–Crippen MR) is 86.8 cm³/mol. The van der Waals surface area contributed by atoms with E-state index in [1.54, 1.807) is 0 Å². The Morgan fingerprint density at radius 1 is 1.00 bits per heavy atom. The number of hydrogen-bond donors (Lipinski definition) is 1. The van der Waals surface area contributed by atoms with E-state index in [4.69, 9.17) is 5.73 Å². The minimum absolute atomic E-state index is 0.815. The Bertz CT molecular complexity index is 632. The molecule has 1 aliphatic rings. The highest BCUT2D eigenvalue weighted by molar-refractivity contribution is 5.57. The van der Waals surface area contributed by atoms with Gasteiger partial charge in [-0.15, -0.1) is 0 Å². The fourth-order valence-corrected chi connectivity index (χ4v) is 2.60. The zero-order chi connectivity index (χ0) is 14.8. The van der Waals surface area contributed by atoms with Crippen LogP contribution >= 0.6 is 0 Å². The summed E-state index contributed by atoms with van der Waals surface area (Å²) in [6.45, 7) is 7.84. The molecule has 1 aromatic heterocycles. The molecule has 1 aliphatic heterocycles. The lowest BCUT2D eigenvalue weighted by Gasteiger charge is -2.36. The van der Waals surface area contributed by atoms with Crippen molar-refractivity contribution in [2.24, 2.45) is 0 Å². The molecule has 1 fully saturated rings. The molecular weight excluding hydrogens is 262 g/mol. The van der Waals surface area contributed by atoms with Crippen molar-refractivity contribution in [1.82, 2.24) is 9.97 Å². The molecule has 0 aliphatic carbocycles. The average Bonchev–Trinajstić information content (AvgIpc) is 2.50. The van der Waals surface area contributed by atoms with Crippen molar-refractivity contribution >= 4 is 17.2 Å². The van der Waals surface area contributed by atoms with Gasteiger partial charge in [-0.3, -0.25) is 4.98 Å². The van der Waals surface area contributed by atoms with Gasteiger partial charge in [0.2, 0.25) is 0 Å². The second-order valence-corrected chi connectivity index (χ2v) is 5.47. The van der Waals surface area contributed by atoms with Gasteiger partial charge in [-0.25, -0.2) is 4.98 Å². The van der Waals surface area contributed by atoms with Gasteiger partial charge in [0.25, 0.3) is 0 Å². The molecule has 0 amide bonds. The van der Waals surface area contributed by atoms with Crippen molar-refractivity contribution in [1.29, 1.82) is 0 Å². The summed E-state index contributed by atoms with van der Waals surface area (Å²) in [5.74, 6) is 0.977. The SMILES string of the molecule is Cc1ncc(N2CCN(c3cccc(N)c3)CC2)nc1C. The highest BCUT2D eigenvalue weighted by Gasteiger charge is 2.19. The summed E-state index contributed by atoms with van der Waals surface area (Å²) in [4.78, 5) is 13.7. The second-order valence-electron chi connectivity index (χ2n) is 5.47. The molecule has 0 bridgehead atoms. The Labute approximate surface area is 125 Å². The maximum atomic E-state index is 5.86. The van der Waals surface area contributed by atoms with Crippen LogP contribution in [0, 0.1) is 13.8 Å². The lowest BCUT2D eigenvalue weighted by Crippen LogP contribution is -2.47. The summed E-state index contributed by atoms with van der Waals surface area (Å²) >= 11 is 0. The van der Waals surface area contributed by atoms with E-state index in [1.807, 2.05) is 38.2 Å². The highest BCUT2D eigenvalue weighted by atomic mass is 15.3. The van der Waals surface area contributed by atoms with E-state index in [0.29, 0.717) is 0 Å². The second kappa shape index (κ2) is 5.60. The summed E-state index contributed by atoms with van der Waals surface area (Å²) < 4.78 is 0. The molecule has 2 aromatic rings. The molecule has 0 radical (unpaired) electrons. The minimum Gasteiger partial charge on any atom is -0.399 e. The molecule has 5 nitrogen and oxygen atoms in total. The Morgan fingerprint density at radius 2 is 1.71 bits per heavy atom. The zero-order valence-electron chi connectivity index (χ0n) is 12.6. The van der Waals surface area contributed by atoms with Gasteiger partial charge < -0.3 is 15.5 Å². The molecule has 1 saturated heterocycles. The first-order valence-corrected chi connectivity index (χ1v) is 7.29. The monoisotopic (exact) mass is 283 g/mol. The zero-order valence-corrected chi connectivity index (χ0v) is 12.6. The number of benzene rings is 1. The standard InChI is InChI=1S/C16H21N5/c1-12-13(2)19-16(11-18-12)21-8-6-20(7-9-21)15-5-3-4-14(17)10-15/h3-5,10-11H,6-9,17H2,1-2H3. The lowest BCUT2D eigenvalue weighted by molar-refractivity contribution is 0.645. The number of nitrogens with zero attached hydrogens (tertiary/aromatic N) is 4. The summed E-state index contributed by atoms with van der Waals surface area (Å²) in [7, 11) is 0. The predicted octanol–water partition coefficient (Wildman–Crippen LogP) is 2.00. The number of piperazine rings is 1. The van der Waals surface area contributed by atoms with E-state index in [-0.39, 0.29) is 0 Å². The number of aromatic nitrogens is 2. The number of anilines is 3. The largest absolute Gasteiger partial charge is 0.399 e. The quantitative estimate of drug-likeness (QED) is 0.854. The average molecular weight is 283 g/mol. The van der Waals surface area contributed by atoms with Gasteiger partial charge >= 0.3 is 0 Å². The molecule has 5 heteroatoms. The normalized spacial score (nSPS) is 15.3. The lowest BCUT2D eigenvalue weighted by atomic mass is 10.2. The van der Waals surface area contributed by atoms with Crippen LogP contribution in [0.3, 0.4) is 0 Å². The third kappa shape index (κ3) is 2.91. The summed E-state index contributed by atoms with van der Waals surface area (Å²) in [6.07, 6.45) is 1.87. The first-order valence-electron chi connectivity index (χ1n) is 7.29. The number of aryl methyl sites for hydroxylation is 2.